The van der Waals surface area contributed by atoms with Crippen LogP contribution in [0.5, 0.6) is 5.88 Å². The second-order valence-electron chi connectivity index (χ2n) is 4.26. The van der Waals surface area contributed by atoms with E-state index in [-0.39, 0.29) is 5.92 Å². The quantitative estimate of drug-likeness (QED) is 0.758. The minimum Gasteiger partial charge on any atom is -0.478 e. The lowest BCUT2D eigenvalue weighted by atomic mass is 10.1. The first kappa shape index (κ1) is 13.7. The van der Waals surface area contributed by atoms with E-state index in [4.69, 9.17) is 4.74 Å². The molecule has 0 fully saturated rings. The number of hydrogen-bond donors (Lipinski definition) is 2. The predicted octanol–water partition coefficient (Wildman–Crippen LogP) is 1.69. The Morgan fingerprint density at radius 3 is 2.88 bits per heavy atom. The highest BCUT2D eigenvalue weighted by atomic mass is 16.5. The zero-order chi connectivity index (χ0) is 12.7. The van der Waals surface area contributed by atoms with Crippen LogP contribution >= 0.6 is 0 Å². The van der Waals surface area contributed by atoms with E-state index >= 15 is 0 Å². The normalized spacial score (nSPS) is 12.5. The molecule has 0 aliphatic carbocycles. The highest BCUT2D eigenvalue weighted by molar-refractivity contribution is 5.27. The van der Waals surface area contributed by atoms with Gasteiger partial charge in [0.2, 0.25) is 11.8 Å². The first-order valence-electron chi connectivity index (χ1n) is 6.01. The van der Waals surface area contributed by atoms with Crippen molar-refractivity contribution in [2.45, 2.75) is 33.3 Å². The second kappa shape index (κ2) is 7.06. The van der Waals surface area contributed by atoms with Gasteiger partial charge in [0.1, 0.15) is 0 Å². The third-order valence-corrected chi connectivity index (χ3v) is 2.32. The van der Waals surface area contributed by atoms with Gasteiger partial charge in [-0.15, -0.1) is 0 Å². The van der Waals surface area contributed by atoms with E-state index in [2.05, 4.69) is 15.3 Å². The summed E-state index contributed by atoms with van der Waals surface area (Å²) in [4.78, 5) is 8.25. The highest BCUT2D eigenvalue weighted by Gasteiger charge is 2.09. The number of nitrogens with zero attached hydrogens (tertiary/aromatic N) is 2. The van der Waals surface area contributed by atoms with Crippen molar-refractivity contribution in [1.29, 1.82) is 0 Å². The standard InChI is InChI=1S/C12H21N3O2/c1-4-7-17-11-5-6-13-12(15-11)14-8-10(16)9(2)3/h5-6,9-10,16H,4,7-8H2,1-3H3,(H,13,14,15). The van der Waals surface area contributed by atoms with E-state index in [1.165, 1.54) is 0 Å². The molecule has 0 aliphatic heterocycles. The summed E-state index contributed by atoms with van der Waals surface area (Å²) < 4.78 is 5.40. The maximum Gasteiger partial charge on any atom is 0.226 e. The SMILES string of the molecule is CCCOc1ccnc(NCC(O)C(C)C)n1. The lowest BCUT2D eigenvalue weighted by molar-refractivity contribution is 0.137. The Balaban J connectivity index is 2.48. The zero-order valence-corrected chi connectivity index (χ0v) is 10.7. The van der Waals surface area contributed by atoms with Gasteiger partial charge in [-0.3, -0.25) is 0 Å². The molecule has 96 valence electrons. The van der Waals surface area contributed by atoms with Gasteiger partial charge >= 0.3 is 0 Å². The third kappa shape index (κ3) is 4.99. The number of nitrogens with one attached hydrogen (secondary N) is 1. The van der Waals surface area contributed by atoms with Crippen LogP contribution in [0.25, 0.3) is 0 Å². The summed E-state index contributed by atoms with van der Waals surface area (Å²) in [6, 6.07) is 1.72. The Labute approximate surface area is 102 Å². The molecule has 1 rings (SSSR count). The second-order valence-corrected chi connectivity index (χ2v) is 4.26. The molecule has 0 radical (unpaired) electrons. The monoisotopic (exact) mass is 239 g/mol. The fraction of sp³-hybridized carbons (Fsp3) is 0.667. The van der Waals surface area contributed by atoms with Gasteiger partial charge in [0.05, 0.1) is 12.7 Å². The van der Waals surface area contributed by atoms with Crippen LogP contribution in [0, 0.1) is 5.92 Å². The van der Waals surface area contributed by atoms with Crippen LogP contribution in [0.15, 0.2) is 12.3 Å². The summed E-state index contributed by atoms with van der Waals surface area (Å²) in [5.41, 5.74) is 0. The smallest absolute Gasteiger partial charge is 0.226 e. The van der Waals surface area contributed by atoms with E-state index in [0.29, 0.717) is 25.0 Å². The van der Waals surface area contributed by atoms with Gasteiger partial charge in [0.25, 0.3) is 0 Å². The molecule has 1 aromatic rings. The fourth-order valence-corrected chi connectivity index (χ4v) is 1.15. The van der Waals surface area contributed by atoms with Crippen LogP contribution in [0.4, 0.5) is 5.95 Å². The molecule has 1 atom stereocenters. The van der Waals surface area contributed by atoms with E-state index < -0.39 is 6.10 Å². The Hall–Kier alpha value is -1.36. The molecule has 0 aliphatic rings. The van der Waals surface area contributed by atoms with Crippen molar-refractivity contribution < 1.29 is 9.84 Å². The van der Waals surface area contributed by atoms with Gasteiger partial charge in [0.15, 0.2) is 0 Å². The van der Waals surface area contributed by atoms with Crippen molar-refractivity contribution in [2.24, 2.45) is 5.92 Å². The van der Waals surface area contributed by atoms with Crippen molar-refractivity contribution in [1.82, 2.24) is 9.97 Å². The number of aliphatic hydroxyl groups is 1. The molecule has 17 heavy (non-hydrogen) atoms. The largest absolute Gasteiger partial charge is 0.478 e. The number of hydrogen-bond acceptors (Lipinski definition) is 5. The molecule has 1 aromatic heterocycles. The van der Waals surface area contributed by atoms with E-state index in [0.717, 1.165) is 6.42 Å². The van der Waals surface area contributed by atoms with Crippen LogP contribution in [-0.2, 0) is 0 Å². The number of anilines is 1. The van der Waals surface area contributed by atoms with Crippen molar-refractivity contribution in [2.75, 3.05) is 18.5 Å². The summed E-state index contributed by atoms with van der Waals surface area (Å²) in [5, 5.41) is 12.6. The van der Waals surface area contributed by atoms with Gasteiger partial charge in [-0.05, 0) is 12.3 Å². The van der Waals surface area contributed by atoms with Crippen molar-refractivity contribution in [3.05, 3.63) is 12.3 Å². The molecule has 0 saturated carbocycles. The zero-order valence-electron chi connectivity index (χ0n) is 10.7. The fourth-order valence-electron chi connectivity index (χ4n) is 1.15. The van der Waals surface area contributed by atoms with Crippen LogP contribution < -0.4 is 10.1 Å². The summed E-state index contributed by atoms with van der Waals surface area (Å²) in [6.45, 7) is 7.06. The molecule has 0 bridgehead atoms. The summed E-state index contributed by atoms with van der Waals surface area (Å²) in [6.07, 6.45) is 2.18. The molecule has 0 saturated heterocycles. The Morgan fingerprint density at radius 1 is 1.47 bits per heavy atom. The average Bonchev–Trinajstić information content (AvgIpc) is 2.33. The first-order chi connectivity index (χ1) is 8.13. The Kier molecular flexibility index (Phi) is 5.69. The minimum atomic E-state index is -0.404. The maximum absolute atomic E-state index is 9.65. The van der Waals surface area contributed by atoms with Crippen molar-refractivity contribution >= 4 is 5.95 Å². The lowest BCUT2D eigenvalue weighted by Gasteiger charge is -2.15. The number of aromatic nitrogens is 2. The molecule has 0 aromatic carbocycles. The molecular formula is C12H21N3O2. The Bertz CT molecular complexity index is 331. The van der Waals surface area contributed by atoms with Gasteiger partial charge in [-0.1, -0.05) is 20.8 Å². The Morgan fingerprint density at radius 2 is 2.24 bits per heavy atom. The molecule has 2 N–H and O–H groups in total. The van der Waals surface area contributed by atoms with Crippen LogP contribution in [0.3, 0.4) is 0 Å². The minimum absolute atomic E-state index is 0.210. The summed E-state index contributed by atoms with van der Waals surface area (Å²) in [7, 11) is 0. The van der Waals surface area contributed by atoms with Gasteiger partial charge in [-0.25, -0.2) is 4.98 Å². The van der Waals surface area contributed by atoms with Crippen LogP contribution in [-0.4, -0.2) is 34.3 Å². The predicted molar refractivity (Wildman–Crippen MR) is 67.2 cm³/mol. The highest BCUT2D eigenvalue weighted by Crippen LogP contribution is 2.09. The molecule has 0 spiro atoms. The van der Waals surface area contributed by atoms with Gasteiger partial charge < -0.3 is 15.2 Å². The molecule has 5 nitrogen and oxygen atoms in total. The van der Waals surface area contributed by atoms with E-state index in [1.54, 1.807) is 12.3 Å². The third-order valence-electron chi connectivity index (χ3n) is 2.32. The first-order valence-corrected chi connectivity index (χ1v) is 6.01. The van der Waals surface area contributed by atoms with Gasteiger partial charge in [-0.2, -0.15) is 4.98 Å². The van der Waals surface area contributed by atoms with Crippen LogP contribution in [0.2, 0.25) is 0 Å². The van der Waals surface area contributed by atoms with Gasteiger partial charge in [0, 0.05) is 18.8 Å². The molecule has 0 amide bonds. The maximum atomic E-state index is 9.65. The number of ether oxygens (including phenoxy) is 1. The number of aliphatic hydroxyl groups excluding tert-OH is 1. The number of rotatable bonds is 7. The lowest BCUT2D eigenvalue weighted by Crippen LogP contribution is -2.25. The average molecular weight is 239 g/mol. The molecule has 1 unspecified atom stereocenters. The van der Waals surface area contributed by atoms with E-state index in [9.17, 15) is 5.11 Å². The molecular weight excluding hydrogens is 218 g/mol. The summed E-state index contributed by atoms with van der Waals surface area (Å²) in [5.74, 6) is 1.25. The van der Waals surface area contributed by atoms with Crippen molar-refractivity contribution in [3.8, 4) is 5.88 Å². The summed E-state index contributed by atoms with van der Waals surface area (Å²) >= 11 is 0. The topological polar surface area (TPSA) is 67.3 Å². The van der Waals surface area contributed by atoms with Crippen LogP contribution in [0.1, 0.15) is 27.2 Å². The molecule has 1 heterocycles. The molecule has 5 heteroatoms. The van der Waals surface area contributed by atoms with Crippen molar-refractivity contribution in [3.63, 3.8) is 0 Å². The van der Waals surface area contributed by atoms with E-state index in [1.807, 2.05) is 20.8 Å².